The van der Waals surface area contributed by atoms with Gasteiger partial charge in [0.2, 0.25) is 0 Å². The molecule has 0 aliphatic rings. The van der Waals surface area contributed by atoms with Crippen LogP contribution in [-0.4, -0.2) is 33.9 Å². The average molecular weight is 353 g/mol. The number of hydrogen-bond acceptors (Lipinski definition) is 6. The molecule has 0 aliphatic heterocycles. The van der Waals surface area contributed by atoms with Gasteiger partial charge in [-0.2, -0.15) is 0 Å². The number of benzene rings is 1. The van der Waals surface area contributed by atoms with Gasteiger partial charge in [0.05, 0.1) is 0 Å². The van der Waals surface area contributed by atoms with Gasteiger partial charge in [-0.3, -0.25) is 0 Å². The summed E-state index contributed by atoms with van der Waals surface area (Å²) in [5, 5.41) is 0. The second-order valence-corrected chi connectivity index (χ2v) is 1.69. The van der Waals surface area contributed by atoms with E-state index in [4.69, 9.17) is 29.7 Å². The van der Waals surface area contributed by atoms with E-state index < -0.39 is 0 Å². The van der Waals surface area contributed by atoms with Gasteiger partial charge in [0.15, 0.2) is 0 Å². The second-order valence-electron chi connectivity index (χ2n) is 1.69. The van der Waals surface area contributed by atoms with Crippen LogP contribution in [0.5, 0.6) is 0 Å². The van der Waals surface area contributed by atoms with Crippen LogP contribution in [0.1, 0.15) is 5.56 Å². The molecule has 2 N–H and O–H groups in total. The van der Waals surface area contributed by atoms with Gasteiger partial charge in [0.25, 0.3) is 0 Å². The van der Waals surface area contributed by atoms with E-state index in [1.807, 2.05) is 64.3 Å². The Kier molecular flexibility index (Phi) is 137. The first-order valence-corrected chi connectivity index (χ1v) is 4.12. The zero-order valence-electron chi connectivity index (χ0n) is 10.7. The number of hydrogen-bond donors (Lipinski definition) is 1. The Morgan fingerprint density at radius 1 is 0.684 bits per heavy atom. The van der Waals surface area contributed by atoms with Crippen molar-refractivity contribution < 1.29 is 45.0 Å². The van der Waals surface area contributed by atoms with Crippen molar-refractivity contribution >= 4 is 33.9 Å². The molecule has 0 unspecified atom stereocenters. The third kappa shape index (κ3) is 48.5. The van der Waals surface area contributed by atoms with Gasteiger partial charge in [-0.1, -0.05) is 30.3 Å². The van der Waals surface area contributed by atoms with Gasteiger partial charge in [-0.05, 0) is 5.56 Å². The van der Waals surface area contributed by atoms with Crippen LogP contribution >= 0.6 is 0 Å². The summed E-state index contributed by atoms with van der Waals surface area (Å²) in [6, 6.07) is 9.99. The van der Waals surface area contributed by atoms with Crippen LogP contribution in [0, 0.1) is 0 Å². The first-order chi connectivity index (χ1) is 8.93. The molecule has 0 atom stereocenters. The van der Waals surface area contributed by atoms with Crippen molar-refractivity contribution in [3.63, 3.8) is 0 Å². The first-order valence-electron chi connectivity index (χ1n) is 4.12. The molecule has 7 heteroatoms. The molecular weight excluding hydrogens is 334 g/mol. The fourth-order valence-electron chi connectivity index (χ4n) is 0.614. The molecule has 0 spiro atoms. The summed E-state index contributed by atoms with van der Waals surface area (Å²) < 4.78 is 0. The van der Waals surface area contributed by atoms with Gasteiger partial charge in [0, 0.05) is 27.6 Å². The Morgan fingerprint density at radius 2 is 0.947 bits per heavy atom. The van der Waals surface area contributed by atoms with Crippen LogP contribution in [0.4, 0.5) is 0 Å². The molecule has 0 bridgehead atoms. The summed E-state index contributed by atoms with van der Waals surface area (Å²) in [6.07, 6.45) is 0. The molecule has 108 valence electrons. The van der Waals surface area contributed by atoms with E-state index in [2.05, 4.69) is 0 Å². The molecule has 0 radical (unpaired) electrons. The molecule has 19 heavy (non-hydrogen) atoms. The number of carbonyl (C=O) groups is 5. The Labute approximate surface area is 127 Å². The van der Waals surface area contributed by atoms with Crippen LogP contribution in [-0.2, 0) is 51.6 Å². The fraction of sp³-hybridized carbons (Fsp3) is 0.0833. The minimum Gasteiger partial charge on any atom is -0.326 e. The molecule has 0 aliphatic carbocycles. The summed E-state index contributed by atoms with van der Waals surface area (Å²) in [4.78, 5) is 40.0. The van der Waals surface area contributed by atoms with E-state index in [1.165, 1.54) is 5.56 Å². The van der Waals surface area contributed by atoms with Crippen molar-refractivity contribution in [2.45, 2.75) is 6.54 Å². The zero-order valence-corrected chi connectivity index (χ0v) is 12.7. The Morgan fingerprint density at radius 3 is 1.11 bits per heavy atom. The van der Waals surface area contributed by atoms with E-state index in [9.17, 15) is 0 Å². The van der Waals surface area contributed by atoms with E-state index in [-0.39, 0.29) is 21.1 Å². The quantitative estimate of drug-likeness (QED) is 0.723. The van der Waals surface area contributed by atoms with E-state index in [0.29, 0.717) is 6.54 Å². The molecule has 6 nitrogen and oxygen atoms in total. The maximum atomic E-state index is 8.00. The summed E-state index contributed by atoms with van der Waals surface area (Å²) in [5.41, 5.74) is 6.54. The van der Waals surface area contributed by atoms with Crippen LogP contribution in [0.3, 0.4) is 0 Å². The Bertz CT molecular complexity index is 215. The van der Waals surface area contributed by atoms with Crippen LogP contribution < -0.4 is 5.73 Å². The van der Waals surface area contributed by atoms with Gasteiger partial charge >= 0.3 is 0 Å². The summed E-state index contributed by atoms with van der Waals surface area (Å²) in [5.74, 6) is 0. The van der Waals surface area contributed by atoms with Gasteiger partial charge in [-0.15, -0.1) is 0 Å². The third-order valence-corrected chi connectivity index (χ3v) is 1.08. The molecule has 0 amide bonds. The van der Waals surface area contributed by atoms with Crippen LogP contribution in [0.25, 0.3) is 0 Å². The van der Waals surface area contributed by atoms with Crippen molar-refractivity contribution in [1.29, 1.82) is 0 Å². The molecule has 0 fully saturated rings. The standard InChI is InChI=1S/C7H9N.5CH2O.Mo/c8-6-7-4-2-1-3-5-7;5*1-2;/h1-5H,6,8H2;5*1H2;. The minimum absolute atomic E-state index is 0. The maximum absolute atomic E-state index is 8.00. The normalized spacial score (nSPS) is 4.89. The fourth-order valence-corrected chi connectivity index (χ4v) is 0.614. The molecule has 0 aromatic heterocycles. The predicted octanol–water partition coefficient (Wildman–Crippen LogP) is 0.218. The predicted molar refractivity (Wildman–Crippen MR) is 69.9 cm³/mol. The topological polar surface area (TPSA) is 111 Å². The molecule has 0 saturated heterocycles. The van der Waals surface area contributed by atoms with E-state index in [1.54, 1.807) is 0 Å². The average Bonchev–Trinajstić information content (AvgIpc) is 2.57. The number of nitrogens with two attached hydrogens (primary N) is 1. The number of rotatable bonds is 1. The van der Waals surface area contributed by atoms with Gasteiger partial charge in [0.1, 0.15) is 33.9 Å². The van der Waals surface area contributed by atoms with Gasteiger partial charge < -0.3 is 29.7 Å². The molecular formula is C12H19MoNO5. The Hall–Kier alpha value is -1.78. The summed E-state index contributed by atoms with van der Waals surface area (Å²) in [7, 11) is 0. The first kappa shape index (κ1) is 36.0. The maximum Gasteiger partial charge on any atom is 0.106 e. The largest absolute Gasteiger partial charge is 0.326 e. The minimum atomic E-state index is 0. The summed E-state index contributed by atoms with van der Waals surface area (Å²) >= 11 is 0. The van der Waals surface area contributed by atoms with Gasteiger partial charge in [-0.25, -0.2) is 0 Å². The summed E-state index contributed by atoms with van der Waals surface area (Å²) in [6.45, 7) is 10.6. The van der Waals surface area contributed by atoms with Crippen LogP contribution in [0.2, 0.25) is 0 Å². The molecule has 0 saturated carbocycles. The smallest absolute Gasteiger partial charge is 0.106 e. The van der Waals surface area contributed by atoms with Crippen molar-refractivity contribution in [1.82, 2.24) is 0 Å². The van der Waals surface area contributed by atoms with Crippen molar-refractivity contribution in [3.8, 4) is 0 Å². The van der Waals surface area contributed by atoms with E-state index in [0.717, 1.165) is 0 Å². The van der Waals surface area contributed by atoms with E-state index >= 15 is 0 Å². The monoisotopic (exact) mass is 355 g/mol. The van der Waals surface area contributed by atoms with Crippen molar-refractivity contribution in [3.05, 3.63) is 35.9 Å². The van der Waals surface area contributed by atoms with Crippen molar-refractivity contribution in [2.24, 2.45) is 5.73 Å². The molecule has 0 heterocycles. The zero-order chi connectivity index (χ0) is 15.8. The molecule has 1 aromatic rings. The SMILES string of the molecule is C=O.C=O.C=O.C=O.C=O.NCc1ccccc1.[Mo]. The Balaban J connectivity index is -0.0000000332. The third-order valence-electron chi connectivity index (χ3n) is 1.08. The molecule has 1 rings (SSSR count). The second kappa shape index (κ2) is 72.1. The molecule has 1 aromatic carbocycles. The number of carbonyl (C=O) groups excluding carboxylic acids is 5. The van der Waals surface area contributed by atoms with Crippen LogP contribution in [0.15, 0.2) is 30.3 Å². The van der Waals surface area contributed by atoms with Crippen molar-refractivity contribution in [2.75, 3.05) is 0 Å².